The maximum atomic E-state index is 5.74. The molecule has 1 rings (SSSR count). The van der Waals surface area contributed by atoms with E-state index in [4.69, 9.17) is 4.74 Å². The van der Waals surface area contributed by atoms with Gasteiger partial charge in [0.25, 0.3) is 0 Å². The first-order valence-electron chi connectivity index (χ1n) is 5.51. The van der Waals surface area contributed by atoms with Crippen LogP contribution in [0.15, 0.2) is 16.8 Å². The Labute approximate surface area is 91.1 Å². The van der Waals surface area contributed by atoms with Gasteiger partial charge < -0.3 is 4.74 Å². The predicted molar refractivity (Wildman–Crippen MR) is 63.2 cm³/mol. The number of unbranched alkanes of at least 4 members (excludes halogenated alkanes) is 3. The molecule has 0 spiro atoms. The van der Waals surface area contributed by atoms with Crippen molar-refractivity contribution >= 4 is 11.3 Å². The smallest absolute Gasteiger partial charge is 0.130 e. The molecule has 0 fully saturated rings. The largest absolute Gasteiger partial charge is 0.490 e. The van der Waals surface area contributed by atoms with Crippen molar-refractivity contribution in [2.24, 2.45) is 0 Å². The number of rotatable bonds is 7. The summed E-state index contributed by atoms with van der Waals surface area (Å²) in [5.74, 6) is 1.03. The number of hydrogen-bond acceptors (Lipinski definition) is 2. The van der Waals surface area contributed by atoms with Crippen molar-refractivity contribution < 1.29 is 4.74 Å². The molecule has 0 radical (unpaired) electrons. The van der Waals surface area contributed by atoms with Gasteiger partial charge in [-0.15, -0.1) is 11.3 Å². The third-order valence-electron chi connectivity index (χ3n) is 2.30. The minimum atomic E-state index is 0.362. The lowest BCUT2D eigenvalue weighted by atomic mass is 10.1. The first-order valence-corrected chi connectivity index (χ1v) is 6.46. The highest BCUT2D eigenvalue weighted by Gasteiger charge is 2.03. The predicted octanol–water partition coefficient (Wildman–Crippen LogP) is 4.49. The average molecular weight is 212 g/mol. The summed E-state index contributed by atoms with van der Waals surface area (Å²) in [5.41, 5.74) is 0. The lowest BCUT2D eigenvalue weighted by Crippen LogP contribution is -2.10. The summed E-state index contributed by atoms with van der Waals surface area (Å²) in [4.78, 5) is 0. The summed E-state index contributed by atoms with van der Waals surface area (Å²) in [5, 5.41) is 4.11. The molecule has 0 saturated carbocycles. The van der Waals surface area contributed by atoms with Crippen molar-refractivity contribution in [3.63, 3.8) is 0 Å². The van der Waals surface area contributed by atoms with E-state index in [1.165, 1.54) is 32.1 Å². The molecule has 80 valence electrons. The molecule has 0 aromatic carbocycles. The van der Waals surface area contributed by atoms with Gasteiger partial charge in [0.1, 0.15) is 5.75 Å². The molecular weight excluding hydrogens is 192 g/mol. The van der Waals surface area contributed by atoms with E-state index in [1.807, 2.05) is 6.07 Å². The molecule has 0 amide bonds. The van der Waals surface area contributed by atoms with Gasteiger partial charge in [-0.2, -0.15) is 0 Å². The molecule has 1 aromatic rings. The van der Waals surface area contributed by atoms with E-state index in [1.54, 1.807) is 11.3 Å². The molecule has 0 saturated heterocycles. The van der Waals surface area contributed by atoms with Gasteiger partial charge >= 0.3 is 0 Å². The topological polar surface area (TPSA) is 9.23 Å². The van der Waals surface area contributed by atoms with Crippen molar-refractivity contribution in [2.75, 3.05) is 0 Å². The maximum Gasteiger partial charge on any atom is 0.130 e. The Morgan fingerprint density at radius 3 is 2.86 bits per heavy atom. The Hall–Kier alpha value is -0.500. The summed E-state index contributed by atoms with van der Waals surface area (Å²) in [6.45, 7) is 4.40. The van der Waals surface area contributed by atoms with Gasteiger partial charge in [-0.1, -0.05) is 26.2 Å². The van der Waals surface area contributed by atoms with E-state index in [0.717, 1.165) is 5.75 Å². The van der Waals surface area contributed by atoms with Crippen LogP contribution in [0.1, 0.15) is 46.0 Å². The lowest BCUT2D eigenvalue weighted by molar-refractivity contribution is 0.207. The van der Waals surface area contributed by atoms with E-state index >= 15 is 0 Å². The Kier molecular flexibility index (Phi) is 5.69. The molecule has 0 bridgehead atoms. The fraction of sp³-hybridized carbons (Fsp3) is 0.667. The molecule has 0 aliphatic carbocycles. The highest BCUT2D eigenvalue weighted by atomic mass is 32.1. The molecule has 1 unspecified atom stereocenters. The van der Waals surface area contributed by atoms with Crippen molar-refractivity contribution in [3.8, 4) is 5.75 Å². The van der Waals surface area contributed by atoms with Crippen molar-refractivity contribution in [1.82, 2.24) is 0 Å². The molecule has 1 atom stereocenters. The van der Waals surface area contributed by atoms with Gasteiger partial charge in [-0.05, 0) is 31.2 Å². The molecule has 1 nitrogen and oxygen atoms in total. The van der Waals surface area contributed by atoms with E-state index in [9.17, 15) is 0 Å². The average Bonchev–Trinajstić information content (AvgIpc) is 2.65. The van der Waals surface area contributed by atoms with Gasteiger partial charge in [-0.25, -0.2) is 0 Å². The zero-order chi connectivity index (χ0) is 10.2. The van der Waals surface area contributed by atoms with E-state index in [-0.39, 0.29) is 0 Å². The zero-order valence-corrected chi connectivity index (χ0v) is 9.98. The highest BCUT2D eigenvalue weighted by molar-refractivity contribution is 7.08. The lowest BCUT2D eigenvalue weighted by Gasteiger charge is -2.12. The van der Waals surface area contributed by atoms with Crippen LogP contribution in [-0.4, -0.2) is 6.10 Å². The fourth-order valence-corrected chi connectivity index (χ4v) is 2.03. The second kappa shape index (κ2) is 6.88. The first-order chi connectivity index (χ1) is 6.83. The Bertz CT molecular complexity index is 218. The molecule has 0 aliphatic heterocycles. The number of thiophene rings is 1. The number of hydrogen-bond donors (Lipinski definition) is 0. The molecule has 14 heavy (non-hydrogen) atoms. The minimum Gasteiger partial charge on any atom is -0.490 e. The molecule has 0 N–H and O–H groups in total. The fourth-order valence-electron chi connectivity index (χ4n) is 1.47. The zero-order valence-electron chi connectivity index (χ0n) is 9.16. The van der Waals surface area contributed by atoms with Crippen LogP contribution in [0.2, 0.25) is 0 Å². The van der Waals surface area contributed by atoms with Crippen LogP contribution in [0.25, 0.3) is 0 Å². The van der Waals surface area contributed by atoms with E-state index in [2.05, 4.69) is 24.6 Å². The van der Waals surface area contributed by atoms with Crippen LogP contribution in [-0.2, 0) is 0 Å². The Morgan fingerprint density at radius 2 is 2.21 bits per heavy atom. The van der Waals surface area contributed by atoms with Crippen LogP contribution in [0, 0.1) is 0 Å². The van der Waals surface area contributed by atoms with Crippen molar-refractivity contribution in [1.29, 1.82) is 0 Å². The molecule has 1 aromatic heterocycles. The summed E-state index contributed by atoms with van der Waals surface area (Å²) in [6.07, 6.45) is 6.83. The molecule has 0 aliphatic rings. The van der Waals surface area contributed by atoms with Crippen LogP contribution in [0.3, 0.4) is 0 Å². The molecule has 1 heterocycles. The van der Waals surface area contributed by atoms with E-state index in [0.29, 0.717) is 6.10 Å². The highest BCUT2D eigenvalue weighted by Crippen LogP contribution is 2.18. The maximum absolute atomic E-state index is 5.74. The van der Waals surface area contributed by atoms with Crippen LogP contribution >= 0.6 is 11.3 Å². The summed E-state index contributed by atoms with van der Waals surface area (Å²) < 4.78 is 5.74. The summed E-state index contributed by atoms with van der Waals surface area (Å²) in [6, 6.07) is 2.03. The normalized spacial score (nSPS) is 12.7. The summed E-state index contributed by atoms with van der Waals surface area (Å²) >= 11 is 1.69. The van der Waals surface area contributed by atoms with Crippen LogP contribution in [0.5, 0.6) is 5.75 Å². The van der Waals surface area contributed by atoms with Gasteiger partial charge in [0.2, 0.25) is 0 Å². The van der Waals surface area contributed by atoms with Crippen LogP contribution in [0.4, 0.5) is 0 Å². The van der Waals surface area contributed by atoms with Gasteiger partial charge in [0.05, 0.1) is 6.10 Å². The molecular formula is C12H20OS. The third-order valence-corrected chi connectivity index (χ3v) is 2.96. The van der Waals surface area contributed by atoms with Gasteiger partial charge in [0, 0.05) is 5.38 Å². The monoisotopic (exact) mass is 212 g/mol. The van der Waals surface area contributed by atoms with Crippen molar-refractivity contribution in [2.45, 2.75) is 52.1 Å². The van der Waals surface area contributed by atoms with Gasteiger partial charge in [0.15, 0.2) is 0 Å². The van der Waals surface area contributed by atoms with Gasteiger partial charge in [-0.3, -0.25) is 0 Å². The number of ether oxygens (including phenoxy) is 1. The quantitative estimate of drug-likeness (QED) is 0.605. The Morgan fingerprint density at radius 1 is 1.36 bits per heavy atom. The van der Waals surface area contributed by atoms with Crippen molar-refractivity contribution in [3.05, 3.63) is 16.8 Å². The van der Waals surface area contributed by atoms with Crippen LogP contribution < -0.4 is 4.74 Å². The standard InChI is InChI=1S/C12H20OS/c1-3-4-5-6-7-11(2)13-12-8-9-14-10-12/h8-11H,3-7H2,1-2H3. The van der Waals surface area contributed by atoms with E-state index < -0.39 is 0 Å². The Balaban J connectivity index is 2.07. The second-order valence-electron chi connectivity index (χ2n) is 3.74. The third kappa shape index (κ3) is 4.66. The molecule has 2 heteroatoms. The first kappa shape index (κ1) is 11.6. The second-order valence-corrected chi connectivity index (χ2v) is 4.52. The SMILES string of the molecule is CCCCCCC(C)Oc1ccsc1. The minimum absolute atomic E-state index is 0.362. The summed E-state index contributed by atoms with van der Waals surface area (Å²) in [7, 11) is 0.